The van der Waals surface area contributed by atoms with Crippen LogP contribution >= 0.6 is 7.82 Å². The van der Waals surface area contributed by atoms with Gasteiger partial charge in [-0.15, -0.1) is 0 Å². The molecule has 11 heteroatoms. The van der Waals surface area contributed by atoms with Crippen molar-refractivity contribution in [3.63, 3.8) is 0 Å². The molecule has 10 nitrogen and oxygen atoms in total. The highest BCUT2D eigenvalue weighted by molar-refractivity contribution is 7.47. The number of phosphoric ester groups is 1. The molecule has 3 N–H and O–H groups in total. The van der Waals surface area contributed by atoms with Gasteiger partial charge in [-0.1, -0.05) is 193 Å². The number of aliphatic hydroxyl groups is 2. The van der Waals surface area contributed by atoms with E-state index >= 15 is 0 Å². The van der Waals surface area contributed by atoms with Gasteiger partial charge in [0.25, 0.3) is 0 Å². The van der Waals surface area contributed by atoms with Crippen LogP contribution in [-0.2, 0) is 32.7 Å². The van der Waals surface area contributed by atoms with Gasteiger partial charge in [0.1, 0.15) is 12.7 Å². The Bertz CT molecular complexity index is 961. The number of aliphatic hydroxyl groups excluding tert-OH is 2. The highest BCUT2D eigenvalue weighted by Gasteiger charge is 2.27. The van der Waals surface area contributed by atoms with Crippen LogP contribution in [0.15, 0.2) is 12.2 Å². The number of esters is 2. The fourth-order valence-electron chi connectivity index (χ4n) is 6.75. The van der Waals surface area contributed by atoms with E-state index in [2.05, 4.69) is 26.0 Å². The molecule has 0 saturated carbocycles. The maximum absolute atomic E-state index is 12.6. The first kappa shape index (κ1) is 55.7. The first-order valence-corrected chi connectivity index (χ1v) is 25.1. The van der Waals surface area contributed by atoms with E-state index in [-0.39, 0.29) is 19.4 Å². The predicted molar refractivity (Wildman–Crippen MR) is 233 cm³/mol. The van der Waals surface area contributed by atoms with Gasteiger partial charge in [0, 0.05) is 12.8 Å². The number of phosphoric acid groups is 1. The van der Waals surface area contributed by atoms with Crippen molar-refractivity contribution in [3.05, 3.63) is 12.2 Å². The molecule has 0 aliphatic carbocycles. The Hall–Kier alpha value is -1.29. The Morgan fingerprint density at radius 3 is 1.30 bits per heavy atom. The Labute approximate surface area is 349 Å². The Morgan fingerprint density at radius 1 is 0.509 bits per heavy atom. The summed E-state index contributed by atoms with van der Waals surface area (Å²) in [7, 11) is -4.61. The van der Waals surface area contributed by atoms with Gasteiger partial charge in [0.15, 0.2) is 6.10 Å². The van der Waals surface area contributed by atoms with Crippen molar-refractivity contribution in [2.24, 2.45) is 0 Å². The highest BCUT2D eigenvalue weighted by Crippen LogP contribution is 2.43. The number of unbranched alkanes of at least 4 members (excludes halogenated alkanes) is 29. The monoisotopic (exact) mass is 833 g/mol. The molecule has 0 aromatic rings. The minimum Gasteiger partial charge on any atom is -0.462 e. The van der Waals surface area contributed by atoms with Gasteiger partial charge in [-0.2, -0.15) is 0 Å². The Kier molecular flexibility index (Phi) is 41.9. The van der Waals surface area contributed by atoms with E-state index in [9.17, 15) is 24.2 Å². The van der Waals surface area contributed by atoms with Crippen LogP contribution in [0.25, 0.3) is 0 Å². The van der Waals surface area contributed by atoms with Crippen molar-refractivity contribution in [1.29, 1.82) is 0 Å². The molecule has 0 aromatic carbocycles. The number of carbonyl (C=O) groups excluding carboxylic acids is 2. The van der Waals surface area contributed by atoms with Crippen LogP contribution in [0, 0.1) is 0 Å². The summed E-state index contributed by atoms with van der Waals surface area (Å²) in [5, 5.41) is 18.3. The molecule has 0 spiro atoms. The summed E-state index contributed by atoms with van der Waals surface area (Å²) in [5.41, 5.74) is 0. The third-order valence-electron chi connectivity index (χ3n) is 10.4. The summed E-state index contributed by atoms with van der Waals surface area (Å²) in [5.74, 6) is -0.923. The Morgan fingerprint density at radius 2 is 0.860 bits per heavy atom. The lowest BCUT2D eigenvalue weighted by atomic mass is 10.0. The minimum atomic E-state index is -4.61. The van der Waals surface area contributed by atoms with Crippen molar-refractivity contribution < 1.29 is 47.8 Å². The van der Waals surface area contributed by atoms with Crippen molar-refractivity contribution >= 4 is 19.8 Å². The predicted octanol–water partition coefficient (Wildman–Crippen LogP) is 12.8. The zero-order chi connectivity index (χ0) is 41.9. The quantitative estimate of drug-likeness (QED) is 0.0234. The molecule has 1 unspecified atom stereocenters. The molecule has 0 fully saturated rings. The van der Waals surface area contributed by atoms with E-state index in [1.807, 2.05) is 0 Å². The third kappa shape index (κ3) is 42.6. The second-order valence-electron chi connectivity index (χ2n) is 16.1. The standard InChI is InChI=1S/C46H89O10P/c1-3-5-7-9-11-13-15-17-18-19-20-21-22-23-24-25-26-28-30-32-34-36-38-46(50)56-44(42-55-57(51,52)54-40-43(48)39-47)41-53-45(49)37-35-33-31-29-27-16-14-12-10-8-6-4-2/h12,14,43-44,47-48H,3-11,13,15-42H2,1-2H3,(H,51,52)/b14-12+/t43-,44+/m0/s1. The van der Waals surface area contributed by atoms with E-state index in [1.54, 1.807) is 0 Å². The highest BCUT2D eigenvalue weighted by atomic mass is 31.2. The van der Waals surface area contributed by atoms with Gasteiger partial charge in [-0.05, 0) is 38.5 Å². The van der Waals surface area contributed by atoms with Gasteiger partial charge in [-0.3, -0.25) is 18.6 Å². The molecule has 0 aliphatic heterocycles. The lowest BCUT2D eigenvalue weighted by molar-refractivity contribution is -0.161. The summed E-state index contributed by atoms with van der Waals surface area (Å²) in [6, 6.07) is 0. The average Bonchev–Trinajstić information content (AvgIpc) is 3.20. The lowest BCUT2D eigenvalue weighted by Gasteiger charge is -2.20. The molecule has 0 heterocycles. The lowest BCUT2D eigenvalue weighted by Crippen LogP contribution is -2.29. The maximum Gasteiger partial charge on any atom is 0.472 e. The summed E-state index contributed by atoms with van der Waals surface area (Å²) >= 11 is 0. The smallest absolute Gasteiger partial charge is 0.462 e. The molecule has 0 bridgehead atoms. The maximum atomic E-state index is 12.6. The van der Waals surface area contributed by atoms with Crippen molar-refractivity contribution in [1.82, 2.24) is 0 Å². The molecule has 0 aromatic heterocycles. The van der Waals surface area contributed by atoms with Crippen LogP contribution in [-0.4, -0.2) is 65.7 Å². The largest absolute Gasteiger partial charge is 0.472 e. The molecule has 0 radical (unpaired) electrons. The molecular weight excluding hydrogens is 743 g/mol. The van der Waals surface area contributed by atoms with E-state index < -0.39 is 51.8 Å². The van der Waals surface area contributed by atoms with E-state index in [0.29, 0.717) is 12.8 Å². The van der Waals surface area contributed by atoms with Crippen LogP contribution in [0.2, 0.25) is 0 Å². The van der Waals surface area contributed by atoms with Gasteiger partial charge in [-0.25, -0.2) is 4.57 Å². The first-order chi connectivity index (χ1) is 27.7. The average molecular weight is 833 g/mol. The van der Waals surface area contributed by atoms with Crippen molar-refractivity contribution in [2.45, 2.75) is 244 Å². The van der Waals surface area contributed by atoms with Crippen LogP contribution in [0.3, 0.4) is 0 Å². The van der Waals surface area contributed by atoms with Gasteiger partial charge in [0.05, 0.1) is 19.8 Å². The topological polar surface area (TPSA) is 149 Å². The van der Waals surface area contributed by atoms with Crippen LogP contribution in [0.4, 0.5) is 0 Å². The van der Waals surface area contributed by atoms with E-state index in [0.717, 1.165) is 57.8 Å². The second-order valence-corrected chi connectivity index (χ2v) is 17.6. The second kappa shape index (κ2) is 42.8. The fourth-order valence-corrected chi connectivity index (χ4v) is 7.54. The number of ether oxygens (including phenoxy) is 2. The molecule has 57 heavy (non-hydrogen) atoms. The Balaban J connectivity index is 4.14. The zero-order valence-electron chi connectivity index (χ0n) is 36.8. The number of rotatable bonds is 45. The number of hydrogen-bond donors (Lipinski definition) is 3. The first-order valence-electron chi connectivity index (χ1n) is 23.6. The molecular formula is C46H89O10P. The van der Waals surface area contributed by atoms with Crippen LogP contribution in [0.1, 0.15) is 232 Å². The molecule has 3 atom stereocenters. The molecule has 0 rings (SSSR count). The summed E-state index contributed by atoms with van der Waals surface area (Å²) in [6.07, 6.45) is 41.9. The normalized spacial score (nSPS) is 13.8. The van der Waals surface area contributed by atoms with Gasteiger partial charge < -0.3 is 24.6 Å². The summed E-state index contributed by atoms with van der Waals surface area (Å²) < 4.78 is 32.7. The molecule has 0 aliphatic rings. The number of hydrogen-bond acceptors (Lipinski definition) is 9. The van der Waals surface area contributed by atoms with E-state index in [1.165, 1.54) is 135 Å². The minimum absolute atomic E-state index is 0.189. The van der Waals surface area contributed by atoms with Crippen molar-refractivity contribution in [2.75, 3.05) is 26.4 Å². The summed E-state index contributed by atoms with van der Waals surface area (Å²) in [6.45, 7) is 2.38. The summed E-state index contributed by atoms with van der Waals surface area (Å²) in [4.78, 5) is 35.0. The van der Waals surface area contributed by atoms with Crippen LogP contribution < -0.4 is 0 Å². The third-order valence-corrected chi connectivity index (χ3v) is 11.4. The van der Waals surface area contributed by atoms with Crippen LogP contribution in [0.5, 0.6) is 0 Å². The molecule has 338 valence electrons. The van der Waals surface area contributed by atoms with Gasteiger partial charge >= 0.3 is 19.8 Å². The molecule has 0 amide bonds. The number of carbonyl (C=O) groups is 2. The van der Waals surface area contributed by atoms with Crippen molar-refractivity contribution in [3.8, 4) is 0 Å². The SMILES string of the molecule is CCCCC/C=C/CCCCCCCC(=O)OC[C@H](COP(=O)(O)OC[C@@H](O)CO)OC(=O)CCCCCCCCCCCCCCCCCCCCCCCC. The van der Waals surface area contributed by atoms with E-state index in [4.69, 9.17) is 23.6 Å². The fraction of sp³-hybridized carbons (Fsp3) is 0.913. The number of allylic oxidation sites excluding steroid dienone is 2. The zero-order valence-corrected chi connectivity index (χ0v) is 37.7. The van der Waals surface area contributed by atoms with Gasteiger partial charge in [0.2, 0.25) is 0 Å². The molecule has 0 saturated heterocycles.